The van der Waals surface area contributed by atoms with Crippen LogP contribution >= 0.6 is 0 Å². The lowest BCUT2D eigenvalue weighted by Gasteiger charge is -2.31. The fourth-order valence-electron chi connectivity index (χ4n) is 4.17. The van der Waals surface area contributed by atoms with E-state index in [0.29, 0.717) is 12.8 Å². The summed E-state index contributed by atoms with van der Waals surface area (Å²) in [5.74, 6) is -0.296. The average Bonchev–Trinajstić information content (AvgIpc) is 2.83. The zero-order chi connectivity index (χ0) is 22.7. The molecule has 1 aliphatic heterocycles. The maximum atomic E-state index is 13.0. The first kappa shape index (κ1) is 22.0. The molecule has 4 rings (SSSR count). The summed E-state index contributed by atoms with van der Waals surface area (Å²) in [4.78, 5) is 12.9. The van der Waals surface area contributed by atoms with Crippen molar-refractivity contribution in [3.05, 3.63) is 77.9 Å². The first-order valence-corrected chi connectivity index (χ1v) is 12.1. The third kappa shape index (κ3) is 4.38. The standard InChI is InChI=1S/C25H25N3O3S/c1-18(21-11-10-19-6-2-3-7-22(19)16-21)27-25(29)20-12-14-28(15-13-20)32(30,31)24-9-5-4-8-23(24)17-26/h2-11,16,18,20H,12-15H2,1H3,(H,27,29)/t18-/m0/s1. The summed E-state index contributed by atoms with van der Waals surface area (Å²) in [7, 11) is -3.76. The van der Waals surface area contributed by atoms with Crippen LogP contribution in [-0.4, -0.2) is 31.7 Å². The molecule has 3 aromatic carbocycles. The van der Waals surface area contributed by atoms with Crippen molar-refractivity contribution >= 4 is 26.7 Å². The fourth-order valence-corrected chi connectivity index (χ4v) is 5.78. The lowest BCUT2D eigenvalue weighted by Crippen LogP contribution is -2.43. The summed E-state index contributed by atoms with van der Waals surface area (Å²) < 4.78 is 27.3. The fraction of sp³-hybridized carbons (Fsp3) is 0.280. The average molecular weight is 448 g/mol. The molecule has 0 aliphatic carbocycles. The van der Waals surface area contributed by atoms with Crippen molar-refractivity contribution in [2.24, 2.45) is 5.92 Å². The Bertz CT molecular complexity index is 1290. The van der Waals surface area contributed by atoms with Crippen molar-refractivity contribution in [3.8, 4) is 6.07 Å². The van der Waals surface area contributed by atoms with Crippen molar-refractivity contribution in [1.82, 2.24) is 9.62 Å². The first-order chi connectivity index (χ1) is 15.4. The van der Waals surface area contributed by atoms with Crippen molar-refractivity contribution in [2.45, 2.75) is 30.7 Å². The molecule has 6 nitrogen and oxygen atoms in total. The molecule has 1 atom stereocenters. The molecule has 1 aliphatic rings. The molecule has 0 saturated carbocycles. The van der Waals surface area contributed by atoms with Crippen LogP contribution in [0.1, 0.15) is 36.9 Å². The van der Waals surface area contributed by atoms with Gasteiger partial charge in [-0.1, -0.05) is 48.5 Å². The monoisotopic (exact) mass is 447 g/mol. The normalized spacial score (nSPS) is 16.4. The molecule has 0 aromatic heterocycles. The van der Waals surface area contributed by atoms with Gasteiger partial charge in [-0.05, 0) is 54.3 Å². The minimum atomic E-state index is -3.76. The summed E-state index contributed by atoms with van der Waals surface area (Å²) in [5, 5.41) is 14.6. The third-order valence-corrected chi connectivity index (χ3v) is 8.04. The van der Waals surface area contributed by atoms with E-state index in [2.05, 4.69) is 23.5 Å². The number of carbonyl (C=O) groups excluding carboxylic acids is 1. The van der Waals surface area contributed by atoms with E-state index in [1.165, 1.54) is 16.4 Å². The molecule has 1 amide bonds. The number of nitrogens with zero attached hydrogens (tertiary/aromatic N) is 2. The van der Waals surface area contributed by atoms with Crippen LogP contribution in [0.25, 0.3) is 10.8 Å². The van der Waals surface area contributed by atoms with E-state index in [0.717, 1.165) is 16.3 Å². The Morgan fingerprint density at radius 1 is 1.03 bits per heavy atom. The molecule has 1 N–H and O–H groups in total. The maximum Gasteiger partial charge on any atom is 0.244 e. The van der Waals surface area contributed by atoms with E-state index in [4.69, 9.17) is 0 Å². The van der Waals surface area contributed by atoms with Gasteiger partial charge in [-0.3, -0.25) is 4.79 Å². The number of nitrogens with one attached hydrogen (secondary N) is 1. The van der Waals surface area contributed by atoms with Crippen LogP contribution in [0.4, 0.5) is 0 Å². The Kier molecular flexibility index (Phi) is 6.26. The highest BCUT2D eigenvalue weighted by Gasteiger charge is 2.33. The van der Waals surface area contributed by atoms with Gasteiger partial charge in [-0.25, -0.2) is 8.42 Å². The Morgan fingerprint density at radius 2 is 1.69 bits per heavy atom. The van der Waals surface area contributed by atoms with Gasteiger partial charge in [0, 0.05) is 19.0 Å². The van der Waals surface area contributed by atoms with Crippen LogP contribution in [0.5, 0.6) is 0 Å². The van der Waals surface area contributed by atoms with Crippen LogP contribution in [0.2, 0.25) is 0 Å². The molecule has 1 saturated heterocycles. The van der Waals surface area contributed by atoms with E-state index in [1.54, 1.807) is 12.1 Å². The Balaban J connectivity index is 1.39. The first-order valence-electron chi connectivity index (χ1n) is 10.7. The minimum Gasteiger partial charge on any atom is -0.349 e. The molecule has 7 heteroatoms. The molecule has 1 fully saturated rings. The quantitative estimate of drug-likeness (QED) is 0.640. The van der Waals surface area contributed by atoms with Crippen molar-refractivity contribution in [2.75, 3.05) is 13.1 Å². The SMILES string of the molecule is C[C@H](NC(=O)C1CCN(S(=O)(=O)c2ccccc2C#N)CC1)c1ccc2ccccc2c1. The number of hydrogen-bond acceptors (Lipinski definition) is 4. The maximum absolute atomic E-state index is 13.0. The van der Waals surface area contributed by atoms with Gasteiger partial charge < -0.3 is 5.32 Å². The molecule has 0 spiro atoms. The number of piperidine rings is 1. The van der Waals surface area contributed by atoms with Crippen molar-refractivity contribution in [3.63, 3.8) is 0 Å². The van der Waals surface area contributed by atoms with Gasteiger partial charge in [0.05, 0.1) is 16.5 Å². The number of benzene rings is 3. The van der Waals surface area contributed by atoms with Crippen LogP contribution < -0.4 is 5.32 Å². The lowest BCUT2D eigenvalue weighted by molar-refractivity contribution is -0.126. The molecule has 1 heterocycles. The highest BCUT2D eigenvalue weighted by atomic mass is 32.2. The zero-order valence-corrected chi connectivity index (χ0v) is 18.7. The molecule has 0 bridgehead atoms. The summed E-state index contributed by atoms with van der Waals surface area (Å²) in [6.45, 7) is 2.47. The Morgan fingerprint density at radius 3 is 2.41 bits per heavy atom. The van der Waals surface area contributed by atoms with E-state index >= 15 is 0 Å². The number of amides is 1. The highest BCUT2D eigenvalue weighted by molar-refractivity contribution is 7.89. The number of sulfonamides is 1. The second-order valence-electron chi connectivity index (χ2n) is 8.12. The van der Waals surface area contributed by atoms with E-state index < -0.39 is 10.0 Å². The van der Waals surface area contributed by atoms with Crippen LogP contribution in [0, 0.1) is 17.2 Å². The molecule has 3 aromatic rings. The summed E-state index contributed by atoms with van der Waals surface area (Å²) >= 11 is 0. The smallest absolute Gasteiger partial charge is 0.244 e. The third-order valence-electron chi connectivity index (χ3n) is 6.08. The van der Waals surface area contributed by atoms with Gasteiger partial charge in [0.2, 0.25) is 15.9 Å². The van der Waals surface area contributed by atoms with Gasteiger partial charge in [-0.2, -0.15) is 9.57 Å². The van der Waals surface area contributed by atoms with Gasteiger partial charge in [-0.15, -0.1) is 0 Å². The summed E-state index contributed by atoms with van der Waals surface area (Å²) in [5.41, 5.74) is 1.17. The van der Waals surface area contributed by atoms with Gasteiger partial charge in [0.25, 0.3) is 0 Å². The van der Waals surface area contributed by atoms with E-state index in [1.807, 2.05) is 37.3 Å². The molecule has 0 unspecified atom stereocenters. The van der Waals surface area contributed by atoms with Crippen molar-refractivity contribution in [1.29, 1.82) is 5.26 Å². The second-order valence-corrected chi connectivity index (χ2v) is 10.0. The summed E-state index contributed by atoms with van der Waals surface area (Å²) in [6, 6.07) is 22.3. The molecule has 0 radical (unpaired) electrons. The van der Waals surface area contributed by atoms with Crippen LogP contribution in [0.3, 0.4) is 0 Å². The molecule has 164 valence electrons. The zero-order valence-electron chi connectivity index (χ0n) is 17.9. The largest absolute Gasteiger partial charge is 0.349 e. The Hall–Kier alpha value is -3.21. The minimum absolute atomic E-state index is 0.0235. The molecular formula is C25H25N3O3S. The lowest BCUT2D eigenvalue weighted by atomic mass is 9.96. The Labute approximate surface area is 188 Å². The number of hydrogen-bond donors (Lipinski definition) is 1. The topological polar surface area (TPSA) is 90.3 Å². The van der Waals surface area contributed by atoms with Gasteiger partial charge in [0.1, 0.15) is 6.07 Å². The molecular weight excluding hydrogens is 422 g/mol. The van der Waals surface area contributed by atoms with E-state index in [9.17, 15) is 18.5 Å². The number of nitriles is 1. The number of carbonyl (C=O) groups is 1. The second kappa shape index (κ2) is 9.11. The number of fused-ring (bicyclic) bond motifs is 1. The van der Waals surface area contributed by atoms with Crippen LogP contribution in [-0.2, 0) is 14.8 Å². The van der Waals surface area contributed by atoms with Gasteiger partial charge >= 0.3 is 0 Å². The van der Waals surface area contributed by atoms with Crippen molar-refractivity contribution < 1.29 is 13.2 Å². The predicted molar refractivity (Wildman–Crippen MR) is 123 cm³/mol. The van der Waals surface area contributed by atoms with Gasteiger partial charge in [0.15, 0.2) is 0 Å². The molecule has 32 heavy (non-hydrogen) atoms. The van der Waals surface area contributed by atoms with E-state index in [-0.39, 0.29) is 41.4 Å². The van der Waals surface area contributed by atoms with Crippen LogP contribution in [0.15, 0.2) is 71.6 Å². The predicted octanol–water partition coefficient (Wildman–Crippen LogP) is 3.99. The highest BCUT2D eigenvalue weighted by Crippen LogP contribution is 2.27. The number of rotatable bonds is 5. The summed E-state index contributed by atoms with van der Waals surface area (Å²) in [6.07, 6.45) is 0.897.